The van der Waals surface area contributed by atoms with Crippen LogP contribution in [-0.2, 0) is 29.4 Å². The van der Waals surface area contributed by atoms with Gasteiger partial charge in [0.05, 0.1) is 23.4 Å². The van der Waals surface area contributed by atoms with Gasteiger partial charge in [-0.05, 0) is 11.6 Å². The maximum absolute atomic E-state index is 12.2. The highest BCUT2D eigenvalue weighted by atomic mass is 35.5. The van der Waals surface area contributed by atoms with Crippen molar-refractivity contribution < 1.29 is 14.1 Å². The van der Waals surface area contributed by atoms with Gasteiger partial charge in [0.2, 0.25) is 0 Å². The number of aryl methyl sites for hydroxylation is 1. The van der Waals surface area contributed by atoms with Crippen LogP contribution < -0.4 is 0 Å². The number of halogens is 1. The van der Waals surface area contributed by atoms with Gasteiger partial charge in [-0.1, -0.05) is 29.8 Å². The highest BCUT2D eigenvalue weighted by molar-refractivity contribution is 7.83. The van der Waals surface area contributed by atoms with Crippen LogP contribution in [0.4, 0.5) is 0 Å². The summed E-state index contributed by atoms with van der Waals surface area (Å²) < 4.78 is 13.6. The molecule has 2 aromatic rings. The van der Waals surface area contributed by atoms with Crippen molar-refractivity contribution in [3.63, 3.8) is 0 Å². The molecule has 0 fully saturated rings. The Hall–Kier alpha value is -1.66. The quantitative estimate of drug-likeness (QED) is 0.919. The third-order valence-corrected chi connectivity index (χ3v) is 4.46. The molecule has 2 rings (SSSR count). The zero-order valence-corrected chi connectivity index (χ0v) is 12.3. The fourth-order valence-electron chi connectivity index (χ4n) is 1.81. The number of nitrogens with zero attached hydrogens (tertiary/aromatic N) is 2. The van der Waals surface area contributed by atoms with Crippen LogP contribution in [0, 0.1) is 0 Å². The Morgan fingerprint density at radius 1 is 1.40 bits per heavy atom. The molecule has 1 heterocycles. The molecule has 1 atom stereocenters. The lowest BCUT2D eigenvalue weighted by Gasteiger charge is -2.06. The molecule has 0 radical (unpaired) electrons. The first kappa shape index (κ1) is 14.7. The minimum atomic E-state index is -1.26. The van der Waals surface area contributed by atoms with Gasteiger partial charge in [0.1, 0.15) is 5.56 Å². The Balaban J connectivity index is 2.15. The van der Waals surface area contributed by atoms with E-state index < -0.39 is 16.8 Å². The summed E-state index contributed by atoms with van der Waals surface area (Å²) in [5.74, 6) is -0.657. The van der Waals surface area contributed by atoms with Gasteiger partial charge in [-0.2, -0.15) is 5.10 Å². The van der Waals surface area contributed by atoms with Crippen molar-refractivity contribution in [2.24, 2.45) is 7.05 Å². The van der Waals surface area contributed by atoms with Crippen molar-refractivity contribution >= 4 is 28.4 Å². The van der Waals surface area contributed by atoms with Crippen molar-refractivity contribution in [3.8, 4) is 0 Å². The summed E-state index contributed by atoms with van der Waals surface area (Å²) in [6.07, 6.45) is 1.27. The van der Waals surface area contributed by atoms with E-state index in [-0.39, 0.29) is 17.1 Å². The van der Waals surface area contributed by atoms with E-state index in [1.807, 2.05) is 12.1 Å². The average molecular weight is 313 g/mol. The highest BCUT2D eigenvalue weighted by Gasteiger charge is 2.17. The lowest BCUT2D eigenvalue weighted by molar-refractivity contribution is 0.0696. The molecule has 1 aromatic heterocycles. The van der Waals surface area contributed by atoms with Crippen molar-refractivity contribution in [3.05, 3.63) is 52.3 Å². The van der Waals surface area contributed by atoms with E-state index in [1.54, 1.807) is 19.2 Å². The molecule has 0 spiro atoms. The van der Waals surface area contributed by atoms with Crippen LogP contribution in [0.3, 0.4) is 0 Å². The second-order valence-electron chi connectivity index (χ2n) is 4.25. The first-order chi connectivity index (χ1) is 9.49. The normalized spacial score (nSPS) is 12.3. The van der Waals surface area contributed by atoms with Gasteiger partial charge in [-0.15, -0.1) is 0 Å². The van der Waals surface area contributed by atoms with Crippen LogP contribution in [0.1, 0.15) is 21.6 Å². The van der Waals surface area contributed by atoms with Crippen molar-refractivity contribution in [2.45, 2.75) is 11.5 Å². The number of hydrogen-bond acceptors (Lipinski definition) is 3. The maximum Gasteiger partial charge on any atom is 0.339 e. The number of aromatic carboxylic acids is 1. The molecule has 106 valence electrons. The van der Waals surface area contributed by atoms with Crippen LogP contribution in [0.25, 0.3) is 0 Å². The lowest BCUT2D eigenvalue weighted by Crippen LogP contribution is -2.09. The molecule has 0 bridgehead atoms. The molecule has 0 aliphatic carbocycles. The Morgan fingerprint density at radius 2 is 2.10 bits per heavy atom. The Morgan fingerprint density at radius 3 is 2.75 bits per heavy atom. The summed E-state index contributed by atoms with van der Waals surface area (Å²) in [7, 11) is 0.377. The third-order valence-electron chi connectivity index (χ3n) is 2.86. The molecule has 0 aliphatic heterocycles. The summed E-state index contributed by atoms with van der Waals surface area (Å²) in [4.78, 5) is 11.1. The summed E-state index contributed by atoms with van der Waals surface area (Å²) >= 11 is 6.02. The minimum Gasteiger partial charge on any atom is -0.478 e. The molecule has 5 nitrogen and oxygen atoms in total. The summed E-state index contributed by atoms with van der Waals surface area (Å²) in [6.45, 7) is 0. The topological polar surface area (TPSA) is 72.2 Å². The fraction of sp³-hybridized carbons (Fsp3) is 0.231. The number of carboxylic acids is 1. The number of carbonyl (C=O) groups is 1. The SMILES string of the molecule is Cn1ncc(C(=O)O)c1CS(=O)Cc1ccccc1Cl. The number of hydrogen-bond donors (Lipinski definition) is 1. The summed E-state index contributed by atoms with van der Waals surface area (Å²) in [6, 6.07) is 7.17. The molecule has 1 aromatic carbocycles. The molecular formula is C13H13ClN2O3S. The zero-order chi connectivity index (χ0) is 14.7. The number of aromatic nitrogens is 2. The standard InChI is InChI=1S/C13H13ClN2O3S/c1-16-12(10(6-15-16)13(17)18)8-20(19)7-9-4-2-3-5-11(9)14/h2-6H,7-8H2,1H3,(H,17,18). The predicted octanol–water partition coefficient (Wildman–Crippen LogP) is 2.22. The van der Waals surface area contributed by atoms with Crippen LogP contribution in [0.2, 0.25) is 5.02 Å². The summed E-state index contributed by atoms with van der Waals surface area (Å²) in [5.41, 5.74) is 1.31. The van der Waals surface area contributed by atoms with E-state index in [4.69, 9.17) is 16.7 Å². The van der Waals surface area contributed by atoms with Gasteiger partial charge in [-0.25, -0.2) is 4.79 Å². The van der Waals surface area contributed by atoms with Gasteiger partial charge in [0.25, 0.3) is 0 Å². The molecule has 20 heavy (non-hydrogen) atoms. The number of carboxylic acid groups (broad SMARTS) is 1. The minimum absolute atomic E-state index is 0.0833. The molecule has 1 unspecified atom stereocenters. The van der Waals surface area contributed by atoms with Crippen LogP contribution in [-0.4, -0.2) is 25.1 Å². The van der Waals surface area contributed by atoms with E-state index >= 15 is 0 Å². The van der Waals surface area contributed by atoms with E-state index in [1.165, 1.54) is 10.9 Å². The molecule has 1 N–H and O–H groups in total. The average Bonchev–Trinajstić information content (AvgIpc) is 2.74. The molecule has 0 amide bonds. The van der Waals surface area contributed by atoms with Crippen molar-refractivity contribution in [1.82, 2.24) is 9.78 Å². The van der Waals surface area contributed by atoms with Crippen LogP contribution in [0.5, 0.6) is 0 Å². The second kappa shape index (κ2) is 6.19. The zero-order valence-electron chi connectivity index (χ0n) is 10.7. The van der Waals surface area contributed by atoms with Gasteiger partial charge >= 0.3 is 5.97 Å². The van der Waals surface area contributed by atoms with Crippen molar-refractivity contribution in [2.75, 3.05) is 0 Å². The Labute approximate surface area is 123 Å². The van der Waals surface area contributed by atoms with E-state index in [0.29, 0.717) is 10.7 Å². The predicted molar refractivity (Wildman–Crippen MR) is 77.2 cm³/mol. The fourth-order valence-corrected chi connectivity index (χ4v) is 3.43. The number of benzene rings is 1. The van der Waals surface area contributed by atoms with Gasteiger partial charge in [0.15, 0.2) is 0 Å². The molecule has 7 heteroatoms. The van der Waals surface area contributed by atoms with E-state index in [2.05, 4.69) is 5.10 Å². The second-order valence-corrected chi connectivity index (χ2v) is 6.12. The lowest BCUT2D eigenvalue weighted by atomic mass is 10.2. The monoisotopic (exact) mass is 312 g/mol. The smallest absolute Gasteiger partial charge is 0.339 e. The largest absolute Gasteiger partial charge is 0.478 e. The third kappa shape index (κ3) is 3.26. The molecular weight excluding hydrogens is 300 g/mol. The Kier molecular flexibility index (Phi) is 4.57. The maximum atomic E-state index is 12.2. The molecule has 0 aliphatic rings. The first-order valence-electron chi connectivity index (χ1n) is 5.81. The first-order valence-corrected chi connectivity index (χ1v) is 7.68. The highest BCUT2D eigenvalue weighted by Crippen LogP contribution is 2.19. The van der Waals surface area contributed by atoms with Crippen LogP contribution in [0.15, 0.2) is 30.5 Å². The van der Waals surface area contributed by atoms with Gasteiger partial charge in [0, 0.05) is 22.9 Å². The van der Waals surface area contributed by atoms with Crippen molar-refractivity contribution in [1.29, 1.82) is 0 Å². The van der Waals surface area contributed by atoms with E-state index in [0.717, 1.165) is 5.56 Å². The Bertz CT molecular complexity index is 669. The summed E-state index contributed by atoms with van der Waals surface area (Å²) in [5, 5.41) is 13.5. The van der Waals surface area contributed by atoms with E-state index in [9.17, 15) is 9.00 Å². The number of rotatable bonds is 5. The van der Waals surface area contributed by atoms with Crippen LogP contribution >= 0.6 is 11.6 Å². The molecule has 0 saturated heterocycles. The van der Waals surface area contributed by atoms with Gasteiger partial charge < -0.3 is 5.11 Å². The van der Waals surface area contributed by atoms with Gasteiger partial charge in [-0.3, -0.25) is 8.89 Å². The molecule has 0 saturated carbocycles.